The van der Waals surface area contributed by atoms with Gasteiger partial charge in [0.15, 0.2) is 18.0 Å². The summed E-state index contributed by atoms with van der Waals surface area (Å²) in [6.45, 7) is 1.80. The lowest BCUT2D eigenvalue weighted by Crippen LogP contribution is -2.33. The van der Waals surface area contributed by atoms with E-state index in [0.717, 1.165) is 11.1 Å². The first-order valence-corrected chi connectivity index (χ1v) is 5.03. The molecule has 0 spiro atoms. The van der Waals surface area contributed by atoms with E-state index < -0.39 is 5.60 Å². The predicted molar refractivity (Wildman–Crippen MR) is 59.0 cm³/mol. The van der Waals surface area contributed by atoms with Crippen molar-refractivity contribution >= 4 is 17.0 Å². The molecule has 0 saturated heterocycles. The summed E-state index contributed by atoms with van der Waals surface area (Å²) in [7, 11) is 0. The SMILES string of the molecule is CC1(O)C=C[n+]2cc3ccccc3cc21. The molecule has 0 radical (unpaired) electrons. The Balaban J connectivity index is 2.37. The van der Waals surface area contributed by atoms with E-state index in [2.05, 4.69) is 12.1 Å². The van der Waals surface area contributed by atoms with Crippen LogP contribution < -0.4 is 4.57 Å². The van der Waals surface area contributed by atoms with Gasteiger partial charge in [-0.1, -0.05) is 18.2 Å². The molecule has 1 aliphatic heterocycles. The Morgan fingerprint density at radius 2 is 1.93 bits per heavy atom. The van der Waals surface area contributed by atoms with Crippen LogP contribution in [0.4, 0.5) is 0 Å². The standard InChI is InChI=1S/C13H12NO/c1-13(15)6-7-14-9-11-5-3-2-4-10(11)8-12(13)14/h2-9,15H,1H3/q+1. The highest BCUT2D eigenvalue weighted by Crippen LogP contribution is 2.26. The second-order valence-electron chi connectivity index (χ2n) is 4.16. The van der Waals surface area contributed by atoms with E-state index in [1.165, 1.54) is 5.39 Å². The smallest absolute Gasteiger partial charge is 0.223 e. The van der Waals surface area contributed by atoms with E-state index in [-0.39, 0.29) is 0 Å². The Labute approximate surface area is 88.1 Å². The zero-order chi connectivity index (χ0) is 10.5. The summed E-state index contributed by atoms with van der Waals surface area (Å²) in [6.07, 6.45) is 5.76. The number of benzene rings is 1. The molecule has 0 amide bonds. The first kappa shape index (κ1) is 8.62. The molecule has 1 aromatic carbocycles. The fourth-order valence-electron chi connectivity index (χ4n) is 2.04. The Morgan fingerprint density at radius 1 is 1.20 bits per heavy atom. The Morgan fingerprint density at radius 3 is 2.73 bits per heavy atom. The van der Waals surface area contributed by atoms with Crippen molar-refractivity contribution in [3.05, 3.63) is 48.3 Å². The predicted octanol–water partition coefficient (Wildman–Crippen LogP) is 1.82. The average molecular weight is 198 g/mol. The van der Waals surface area contributed by atoms with Crippen molar-refractivity contribution in [2.24, 2.45) is 0 Å². The summed E-state index contributed by atoms with van der Waals surface area (Å²) in [5.41, 5.74) is 0.0746. The first-order chi connectivity index (χ1) is 7.17. The quantitative estimate of drug-likeness (QED) is 0.641. The molecule has 1 aliphatic rings. The number of hydrogen-bond donors (Lipinski definition) is 1. The summed E-state index contributed by atoms with van der Waals surface area (Å²) >= 11 is 0. The molecule has 0 aliphatic carbocycles. The van der Waals surface area contributed by atoms with E-state index in [1.54, 1.807) is 13.0 Å². The molecule has 3 rings (SSSR count). The van der Waals surface area contributed by atoms with E-state index in [0.29, 0.717) is 0 Å². The van der Waals surface area contributed by atoms with Gasteiger partial charge in [0.05, 0.1) is 0 Å². The van der Waals surface area contributed by atoms with E-state index in [9.17, 15) is 5.11 Å². The largest absolute Gasteiger partial charge is 0.375 e. The summed E-state index contributed by atoms with van der Waals surface area (Å²) in [4.78, 5) is 0. The number of nitrogens with zero attached hydrogens (tertiary/aromatic N) is 1. The van der Waals surface area contributed by atoms with Gasteiger partial charge in [-0.2, -0.15) is 4.57 Å². The van der Waals surface area contributed by atoms with Crippen LogP contribution >= 0.6 is 0 Å². The van der Waals surface area contributed by atoms with Crippen LogP contribution in [0.2, 0.25) is 0 Å². The summed E-state index contributed by atoms with van der Waals surface area (Å²) in [5.74, 6) is 0. The number of aliphatic hydroxyl groups is 1. The van der Waals surface area contributed by atoms with Crippen molar-refractivity contribution in [2.75, 3.05) is 0 Å². The van der Waals surface area contributed by atoms with Crippen molar-refractivity contribution in [1.82, 2.24) is 0 Å². The number of hydrogen-bond acceptors (Lipinski definition) is 1. The molecule has 2 nitrogen and oxygen atoms in total. The molecule has 0 saturated carbocycles. The molecule has 0 bridgehead atoms. The third-order valence-electron chi connectivity index (χ3n) is 2.92. The van der Waals surface area contributed by atoms with Crippen molar-refractivity contribution in [3.8, 4) is 0 Å². The van der Waals surface area contributed by atoms with Crippen LogP contribution in [0.3, 0.4) is 0 Å². The van der Waals surface area contributed by atoms with Gasteiger partial charge in [0.2, 0.25) is 5.69 Å². The second-order valence-corrected chi connectivity index (χ2v) is 4.16. The molecule has 74 valence electrons. The zero-order valence-electron chi connectivity index (χ0n) is 8.51. The van der Waals surface area contributed by atoms with Gasteiger partial charge >= 0.3 is 0 Å². The average Bonchev–Trinajstić information content (AvgIpc) is 2.52. The number of aromatic nitrogens is 1. The molecule has 1 unspecified atom stereocenters. The third-order valence-corrected chi connectivity index (χ3v) is 2.92. The van der Waals surface area contributed by atoms with Gasteiger partial charge in [0, 0.05) is 17.5 Å². The van der Waals surface area contributed by atoms with Crippen molar-refractivity contribution in [3.63, 3.8) is 0 Å². The van der Waals surface area contributed by atoms with Crippen LogP contribution in [-0.2, 0) is 5.60 Å². The van der Waals surface area contributed by atoms with Crippen LogP contribution in [0.25, 0.3) is 17.0 Å². The highest BCUT2D eigenvalue weighted by molar-refractivity contribution is 5.81. The number of fused-ring (bicyclic) bond motifs is 2. The van der Waals surface area contributed by atoms with Gasteiger partial charge in [-0.05, 0) is 18.4 Å². The summed E-state index contributed by atoms with van der Waals surface area (Å²) in [6, 6.07) is 10.2. The monoisotopic (exact) mass is 198 g/mol. The maximum absolute atomic E-state index is 10.1. The Bertz CT molecular complexity index is 570. The Kier molecular flexibility index (Phi) is 1.54. The molecule has 2 aromatic rings. The minimum Gasteiger partial charge on any atom is -0.375 e. The molecule has 1 aromatic heterocycles. The normalized spacial score (nSPS) is 23.3. The third kappa shape index (κ3) is 1.18. The van der Waals surface area contributed by atoms with Crippen LogP contribution in [0, 0.1) is 0 Å². The van der Waals surface area contributed by atoms with Crippen LogP contribution in [0.5, 0.6) is 0 Å². The number of pyridine rings is 1. The number of rotatable bonds is 0. The topological polar surface area (TPSA) is 24.1 Å². The first-order valence-electron chi connectivity index (χ1n) is 5.03. The lowest BCUT2D eigenvalue weighted by molar-refractivity contribution is -0.576. The van der Waals surface area contributed by atoms with Crippen LogP contribution in [0.15, 0.2) is 42.6 Å². The van der Waals surface area contributed by atoms with E-state index in [1.807, 2.05) is 35.2 Å². The molecule has 0 fully saturated rings. The lowest BCUT2D eigenvalue weighted by Gasteiger charge is -2.09. The molecular formula is C13H12NO+. The summed E-state index contributed by atoms with van der Waals surface area (Å²) < 4.78 is 1.97. The van der Waals surface area contributed by atoms with Crippen LogP contribution in [-0.4, -0.2) is 5.11 Å². The highest BCUT2D eigenvalue weighted by Gasteiger charge is 2.35. The van der Waals surface area contributed by atoms with Crippen molar-refractivity contribution in [1.29, 1.82) is 0 Å². The van der Waals surface area contributed by atoms with Gasteiger partial charge in [-0.25, -0.2) is 0 Å². The fourth-order valence-corrected chi connectivity index (χ4v) is 2.04. The lowest BCUT2D eigenvalue weighted by atomic mass is 10.0. The van der Waals surface area contributed by atoms with Gasteiger partial charge in [-0.15, -0.1) is 0 Å². The minimum absolute atomic E-state index is 0.843. The highest BCUT2D eigenvalue weighted by atomic mass is 16.3. The van der Waals surface area contributed by atoms with Gasteiger partial charge in [0.25, 0.3) is 0 Å². The van der Waals surface area contributed by atoms with Crippen molar-refractivity contribution in [2.45, 2.75) is 12.5 Å². The maximum atomic E-state index is 10.1. The van der Waals surface area contributed by atoms with Crippen molar-refractivity contribution < 1.29 is 9.67 Å². The Hall–Kier alpha value is -1.67. The molecular weight excluding hydrogens is 186 g/mol. The molecule has 2 heteroatoms. The zero-order valence-corrected chi connectivity index (χ0v) is 8.51. The van der Waals surface area contributed by atoms with E-state index in [4.69, 9.17) is 0 Å². The molecule has 15 heavy (non-hydrogen) atoms. The van der Waals surface area contributed by atoms with Crippen LogP contribution in [0.1, 0.15) is 12.6 Å². The van der Waals surface area contributed by atoms with Gasteiger partial charge in [-0.3, -0.25) is 0 Å². The second kappa shape index (κ2) is 2.67. The fraction of sp³-hybridized carbons (Fsp3) is 0.154. The molecule has 2 heterocycles. The maximum Gasteiger partial charge on any atom is 0.223 e. The minimum atomic E-state index is -0.843. The summed E-state index contributed by atoms with van der Waals surface area (Å²) in [5, 5.41) is 12.4. The van der Waals surface area contributed by atoms with Gasteiger partial charge < -0.3 is 5.11 Å². The van der Waals surface area contributed by atoms with E-state index >= 15 is 0 Å². The van der Waals surface area contributed by atoms with Gasteiger partial charge in [0.1, 0.15) is 0 Å². The molecule has 1 N–H and O–H groups in total. The molecule has 1 atom stereocenters.